The van der Waals surface area contributed by atoms with Gasteiger partial charge in [0.05, 0.1) is 18.6 Å². The lowest BCUT2D eigenvalue weighted by Crippen LogP contribution is -2.25. The number of thioether (sulfide) groups is 1. The molecule has 0 aliphatic carbocycles. The number of ether oxygens (including phenoxy) is 1. The van der Waals surface area contributed by atoms with Crippen molar-refractivity contribution in [2.45, 2.75) is 20.4 Å². The Morgan fingerprint density at radius 3 is 2.50 bits per heavy atom. The van der Waals surface area contributed by atoms with Gasteiger partial charge >= 0.3 is 0 Å². The van der Waals surface area contributed by atoms with Gasteiger partial charge in [-0.05, 0) is 31.5 Å². The number of methoxy groups -OCH3 is 1. The molecular formula is C20H24N2O3S. The Balaban J connectivity index is 1.71. The molecule has 0 saturated carbocycles. The Morgan fingerprint density at radius 1 is 1.04 bits per heavy atom. The van der Waals surface area contributed by atoms with Gasteiger partial charge in [0.1, 0.15) is 5.75 Å². The fraction of sp³-hybridized carbons (Fsp3) is 0.300. The molecule has 2 aromatic rings. The molecule has 0 bridgehead atoms. The summed E-state index contributed by atoms with van der Waals surface area (Å²) >= 11 is 1.29. The van der Waals surface area contributed by atoms with Crippen molar-refractivity contribution in [3.63, 3.8) is 0 Å². The van der Waals surface area contributed by atoms with Crippen molar-refractivity contribution < 1.29 is 14.3 Å². The fourth-order valence-electron chi connectivity index (χ4n) is 2.47. The highest BCUT2D eigenvalue weighted by Gasteiger charge is 2.08. The van der Waals surface area contributed by atoms with E-state index in [1.165, 1.54) is 11.8 Å². The summed E-state index contributed by atoms with van der Waals surface area (Å²) in [6, 6.07) is 13.4. The number of rotatable bonds is 8. The normalized spacial score (nSPS) is 10.3. The molecule has 2 N–H and O–H groups in total. The number of carbonyl (C=O) groups excluding carboxylic acids is 2. The van der Waals surface area contributed by atoms with Gasteiger partial charge in [-0.3, -0.25) is 9.59 Å². The number of benzene rings is 2. The molecule has 0 radical (unpaired) electrons. The highest BCUT2D eigenvalue weighted by molar-refractivity contribution is 8.00. The van der Waals surface area contributed by atoms with Crippen LogP contribution < -0.4 is 15.4 Å². The number of para-hydroxylation sites is 1. The zero-order valence-corrected chi connectivity index (χ0v) is 16.1. The van der Waals surface area contributed by atoms with Gasteiger partial charge in [-0.2, -0.15) is 0 Å². The van der Waals surface area contributed by atoms with Crippen LogP contribution in [0.3, 0.4) is 0 Å². The molecule has 5 nitrogen and oxygen atoms in total. The molecule has 0 unspecified atom stereocenters. The molecule has 0 heterocycles. The predicted molar refractivity (Wildman–Crippen MR) is 107 cm³/mol. The third-order valence-corrected chi connectivity index (χ3v) is 4.72. The summed E-state index contributed by atoms with van der Waals surface area (Å²) < 4.78 is 5.25. The van der Waals surface area contributed by atoms with Crippen molar-refractivity contribution in [2.75, 3.05) is 23.9 Å². The van der Waals surface area contributed by atoms with Crippen molar-refractivity contribution in [3.05, 3.63) is 59.2 Å². The molecular weight excluding hydrogens is 348 g/mol. The lowest BCUT2D eigenvalue weighted by molar-refractivity contribution is -0.118. The first-order valence-corrected chi connectivity index (χ1v) is 9.48. The number of carbonyl (C=O) groups is 2. The Labute approximate surface area is 158 Å². The maximum Gasteiger partial charge on any atom is 0.234 e. The predicted octanol–water partition coefficient (Wildman–Crippen LogP) is 3.30. The number of hydrogen-bond donors (Lipinski definition) is 2. The SMILES string of the molecule is COc1ccccc1CNC(=O)CSCC(=O)Nc1ccc(C)cc1C. The molecule has 2 aromatic carbocycles. The van der Waals surface area contributed by atoms with Crippen LogP contribution in [0.4, 0.5) is 5.69 Å². The molecule has 0 aromatic heterocycles. The van der Waals surface area contributed by atoms with Crippen molar-refractivity contribution in [3.8, 4) is 5.75 Å². The first-order chi connectivity index (χ1) is 12.5. The maximum atomic E-state index is 12.0. The Bertz CT molecular complexity index is 777. The van der Waals surface area contributed by atoms with E-state index in [1.807, 2.05) is 56.3 Å². The third kappa shape index (κ3) is 6.11. The van der Waals surface area contributed by atoms with Crippen LogP contribution in [0.1, 0.15) is 16.7 Å². The maximum absolute atomic E-state index is 12.0. The van der Waals surface area contributed by atoms with E-state index in [9.17, 15) is 9.59 Å². The highest BCUT2D eigenvalue weighted by atomic mass is 32.2. The summed E-state index contributed by atoms with van der Waals surface area (Å²) in [5.41, 5.74) is 3.90. The first kappa shape index (κ1) is 19.8. The zero-order chi connectivity index (χ0) is 18.9. The van der Waals surface area contributed by atoms with Crippen LogP contribution in [0.25, 0.3) is 0 Å². The summed E-state index contributed by atoms with van der Waals surface area (Å²) in [6.45, 7) is 4.37. The average Bonchev–Trinajstić information content (AvgIpc) is 2.62. The molecule has 26 heavy (non-hydrogen) atoms. The molecule has 2 rings (SSSR count). The average molecular weight is 372 g/mol. The zero-order valence-electron chi connectivity index (χ0n) is 15.3. The summed E-state index contributed by atoms with van der Waals surface area (Å²) in [4.78, 5) is 24.0. The molecule has 2 amide bonds. The van der Waals surface area contributed by atoms with Crippen molar-refractivity contribution in [1.29, 1.82) is 0 Å². The number of nitrogens with one attached hydrogen (secondary N) is 2. The minimum atomic E-state index is -0.112. The molecule has 138 valence electrons. The van der Waals surface area contributed by atoms with Gasteiger partial charge in [0.25, 0.3) is 0 Å². The standard InChI is InChI=1S/C20H24N2O3S/c1-14-8-9-17(15(2)10-14)22-20(24)13-26-12-19(23)21-11-16-6-4-5-7-18(16)25-3/h4-10H,11-13H2,1-3H3,(H,21,23)(H,22,24). The number of amides is 2. The van der Waals surface area contributed by atoms with E-state index in [1.54, 1.807) is 7.11 Å². The second-order valence-electron chi connectivity index (χ2n) is 5.95. The highest BCUT2D eigenvalue weighted by Crippen LogP contribution is 2.17. The second kappa shape index (κ2) is 9.87. The van der Waals surface area contributed by atoms with E-state index in [-0.39, 0.29) is 23.3 Å². The number of aryl methyl sites for hydroxylation is 2. The quantitative estimate of drug-likeness (QED) is 0.746. The van der Waals surface area contributed by atoms with Crippen molar-refractivity contribution >= 4 is 29.3 Å². The molecule has 0 spiro atoms. The van der Waals surface area contributed by atoms with Crippen LogP contribution in [0.2, 0.25) is 0 Å². The monoisotopic (exact) mass is 372 g/mol. The van der Waals surface area contributed by atoms with Crippen LogP contribution in [-0.2, 0) is 16.1 Å². The molecule has 0 aliphatic heterocycles. The van der Waals surface area contributed by atoms with E-state index < -0.39 is 0 Å². The summed E-state index contributed by atoms with van der Waals surface area (Å²) in [7, 11) is 1.60. The summed E-state index contributed by atoms with van der Waals surface area (Å²) in [5, 5.41) is 5.72. The Morgan fingerprint density at radius 2 is 1.77 bits per heavy atom. The second-order valence-corrected chi connectivity index (χ2v) is 6.93. The van der Waals surface area contributed by atoms with E-state index in [2.05, 4.69) is 10.6 Å². The first-order valence-electron chi connectivity index (χ1n) is 8.33. The van der Waals surface area contributed by atoms with Crippen molar-refractivity contribution in [2.24, 2.45) is 0 Å². The van der Waals surface area contributed by atoms with Gasteiger partial charge in [0.15, 0.2) is 0 Å². The van der Waals surface area contributed by atoms with E-state index >= 15 is 0 Å². The fourth-order valence-corrected chi connectivity index (χ4v) is 3.12. The van der Waals surface area contributed by atoms with Crippen LogP contribution in [0, 0.1) is 13.8 Å². The largest absolute Gasteiger partial charge is 0.496 e. The van der Waals surface area contributed by atoms with E-state index in [0.717, 1.165) is 28.1 Å². The Kier molecular flexibility index (Phi) is 7.53. The van der Waals surface area contributed by atoms with E-state index in [0.29, 0.717) is 6.54 Å². The van der Waals surface area contributed by atoms with Crippen LogP contribution in [0.5, 0.6) is 5.75 Å². The van der Waals surface area contributed by atoms with Crippen LogP contribution >= 0.6 is 11.8 Å². The molecule has 0 saturated heterocycles. The van der Waals surface area contributed by atoms with E-state index in [4.69, 9.17) is 4.74 Å². The summed E-state index contributed by atoms with van der Waals surface area (Å²) in [5.74, 6) is 0.984. The topological polar surface area (TPSA) is 67.4 Å². The summed E-state index contributed by atoms with van der Waals surface area (Å²) in [6.07, 6.45) is 0. The minimum Gasteiger partial charge on any atom is -0.496 e. The molecule has 6 heteroatoms. The minimum absolute atomic E-state index is 0.111. The van der Waals surface area contributed by atoms with Gasteiger partial charge in [0, 0.05) is 17.8 Å². The van der Waals surface area contributed by atoms with Crippen LogP contribution in [0.15, 0.2) is 42.5 Å². The van der Waals surface area contributed by atoms with Gasteiger partial charge in [-0.1, -0.05) is 35.9 Å². The van der Waals surface area contributed by atoms with Gasteiger partial charge in [-0.15, -0.1) is 11.8 Å². The number of anilines is 1. The lowest BCUT2D eigenvalue weighted by Gasteiger charge is -2.10. The Hall–Kier alpha value is -2.47. The molecule has 0 fully saturated rings. The number of hydrogen-bond acceptors (Lipinski definition) is 4. The van der Waals surface area contributed by atoms with Gasteiger partial charge < -0.3 is 15.4 Å². The van der Waals surface area contributed by atoms with Crippen molar-refractivity contribution in [1.82, 2.24) is 5.32 Å². The smallest absolute Gasteiger partial charge is 0.234 e. The van der Waals surface area contributed by atoms with Gasteiger partial charge in [-0.25, -0.2) is 0 Å². The third-order valence-electron chi connectivity index (χ3n) is 3.79. The van der Waals surface area contributed by atoms with Gasteiger partial charge in [0.2, 0.25) is 11.8 Å². The van der Waals surface area contributed by atoms with Crippen LogP contribution in [-0.4, -0.2) is 30.4 Å². The molecule has 0 aliphatic rings. The lowest BCUT2D eigenvalue weighted by atomic mass is 10.1. The molecule has 0 atom stereocenters.